The lowest BCUT2D eigenvalue weighted by Gasteiger charge is -2.40. The Morgan fingerprint density at radius 2 is 1.65 bits per heavy atom. The number of piperidine rings is 1. The molecule has 1 aliphatic carbocycles. The third-order valence-corrected chi connectivity index (χ3v) is 7.97. The van der Waals surface area contributed by atoms with E-state index < -0.39 is 0 Å². The molecule has 7 heteroatoms. The molecular formula is C27H33ClFN3O2. The molecule has 182 valence electrons. The summed E-state index contributed by atoms with van der Waals surface area (Å²) in [5, 5.41) is 0. The first-order valence-corrected chi connectivity index (χ1v) is 12.1. The molecule has 0 aromatic heterocycles. The summed E-state index contributed by atoms with van der Waals surface area (Å²) in [6.45, 7) is 4.81. The van der Waals surface area contributed by atoms with E-state index in [0.717, 1.165) is 45.4 Å². The highest BCUT2D eigenvalue weighted by Crippen LogP contribution is 2.52. The second-order valence-electron chi connectivity index (χ2n) is 9.96. The standard InChI is InChI=1S/C27H32FN3O2.ClH/c1-29-13-15-30(16-14-29)25(32)18-21-19-27(24-8-3-2-7-23(21)24)9-11-31(12-10-27)26(33)20-5-4-6-22(28)17-20;/h2-8,17,21H,9-16,18-19H2,1H3;1H. The van der Waals surface area contributed by atoms with E-state index in [4.69, 9.17) is 0 Å². The van der Waals surface area contributed by atoms with Gasteiger partial charge in [0.1, 0.15) is 5.82 Å². The third kappa shape index (κ3) is 4.71. The Labute approximate surface area is 207 Å². The second kappa shape index (κ2) is 10.0. The van der Waals surface area contributed by atoms with Gasteiger partial charge in [0.15, 0.2) is 0 Å². The number of hydrogen-bond acceptors (Lipinski definition) is 3. The quantitative estimate of drug-likeness (QED) is 0.658. The van der Waals surface area contributed by atoms with E-state index in [1.54, 1.807) is 12.1 Å². The van der Waals surface area contributed by atoms with Crippen LogP contribution in [0.3, 0.4) is 0 Å². The van der Waals surface area contributed by atoms with Gasteiger partial charge in [-0.2, -0.15) is 0 Å². The zero-order chi connectivity index (χ0) is 23.0. The molecule has 34 heavy (non-hydrogen) atoms. The zero-order valence-corrected chi connectivity index (χ0v) is 20.5. The van der Waals surface area contributed by atoms with Gasteiger partial charge in [-0.1, -0.05) is 30.3 Å². The number of halogens is 2. The first-order chi connectivity index (χ1) is 15.9. The Morgan fingerprint density at radius 3 is 2.35 bits per heavy atom. The maximum Gasteiger partial charge on any atom is 0.253 e. The molecule has 1 spiro atoms. The van der Waals surface area contributed by atoms with Crippen molar-refractivity contribution in [2.24, 2.45) is 0 Å². The van der Waals surface area contributed by atoms with Gasteiger partial charge in [0.25, 0.3) is 5.91 Å². The van der Waals surface area contributed by atoms with Crippen molar-refractivity contribution in [2.45, 2.75) is 37.0 Å². The molecule has 2 aromatic rings. The number of likely N-dealkylation sites (tertiary alicyclic amines) is 1. The summed E-state index contributed by atoms with van der Waals surface area (Å²) in [4.78, 5) is 32.1. The van der Waals surface area contributed by atoms with E-state index >= 15 is 0 Å². The van der Waals surface area contributed by atoms with Gasteiger partial charge in [0, 0.05) is 51.3 Å². The number of nitrogens with zero attached hydrogens (tertiary/aromatic N) is 3. The molecule has 1 unspecified atom stereocenters. The molecule has 2 aliphatic heterocycles. The van der Waals surface area contributed by atoms with Gasteiger partial charge < -0.3 is 14.7 Å². The smallest absolute Gasteiger partial charge is 0.253 e. The third-order valence-electron chi connectivity index (χ3n) is 7.97. The van der Waals surface area contributed by atoms with Crippen molar-refractivity contribution in [3.05, 3.63) is 71.0 Å². The number of likely N-dealkylation sites (N-methyl/N-ethyl adjacent to an activating group) is 1. The van der Waals surface area contributed by atoms with Gasteiger partial charge in [-0.3, -0.25) is 9.59 Å². The van der Waals surface area contributed by atoms with E-state index in [0.29, 0.717) is 25.1 Å². The van der Waals surface area contributed by atoms with Crippen molar-refractivity contribution in [1.29, 1.82) is 0 Å². The largest absolute Gasteiger partial charge is 0.340 e. The van der Waals surface area contributed by atoms with E-state index in [1.165, 1.54) is 23.3 Å². The highest BCUT2D eigenvalue weighted by molar-refractivity contribution is 5.94. The summed E-state index contributed by atoms with van der Waals surface area (Å²) < 4.78 is 13.6. The number of rotatable bonds is 3. The average Bonchev–Trinajstić information content (AvgIpc) is 3.12. The van der Waals surface area contributed by atoms with Crippen LogP contribution < -0.4 is 0 Å². The van der Waals surface area contributed by atoms with Crippen LogP contribution in [0.5, 0.6) is 0 Å². The topological polar surface area (TPSA) is 43.9 Å². The monoisotopic (exact) mass is 485 g/mol. The number of benzene rings is 2. The van der Waals surface area contributed by atoms with Crippen LogP contribution in [0.1, 0.15) is 53.1 Å². The molecule has 0 saturated carbocycles. The van der Waals surface area contributed by atoms with E-state index in [1.807, 2.05) is 9.80 Å². The Hall–Kier alpha value is -2.44. The molecule has 0 N–H and O–H groups in total. The molecule has 3 aliphatic rings. The highest BCUT2D eigenvalue weighted by atomic mass is 35.5. The Kier molecular flexibility index (Phi) is 7.29. The van der Waals surface area contributed by atoms with Gasteiger partial charge in [0.2, 0.25) is 5.91 Å². The Balaban J connectivity index is 0.00000274. The summed E-state index contributed by atoms with van der Waals surface area (Å²) >= 11 is 0. The predicted octanol–water partition coefficient (Wildman–Crippen LogP) is 4.07. The van der Waals surface area contributed by atoms with Gasteiger partial charge in [-0.15, -0.1) is 12.4 Å². The summed E-state index contributed by atoms with van der Waals surface area (Å²) in [6, 6.07) is 14.5. The highest BCUT2D eigenvalue weighted by Gasteiger charge is 2.46. The minimum Gasteiger partial charge on any atom is -0.340 e. The first kappa shape index (κ1) is 24.7. The van der Waals surface area contributed by atoms with Crippen LogP contribution >= 0.6 is 12.4 Å². The Morgan fingerprint density at radius 1 is 0.941 bits per heavy atom. The van der Waals surface area contributed by atoms with Crippen LogP contribution in [0.25, 0.3) is 0 Å². The lowest BCUT2D eigenvalue weighted by Crippen LogP contribution is -2.47. The summed E-state index contributed by atoms with van der Waals surface area (Å²) in [7, 11) is 2.10. The van der Waals surface area contributed by atoms with E-state index in [2.05, 4.69) is 36.2 Å². The fourth-order valence-corrected chi connectivity index (χ4v) is 6.02. The van der Waals surface area contributed by atoms with Crippen LogP contribution in [0.4, 0.5) is 4.39 Å². The predicted molar refractivity (Wildman–Crippen MR) is 133 cm³/mol. The zero-order valence-electron chi connectivity index (χ0n) is 19.7. The van der Waals surface area contributed by atoms with Crippen molar-refractivity contribution < 1.29 is 14.0 Å². The van der Waals surface area contributed by atoms with Crippen molar-refractivity contribution in [3.8, 4) is 0 Å². The van der Waals surface area contributed by atoms with E-state index in [9.17, 15) is 14.0 Å². The van der Waals surface area contributed by atoms with Crippen LogP contribution in [-0.4, -0.2) is 72.8 Å². The minimum absolute atomic E-state index is 0. The maximum atomic E-state index is 13.6. The molecule has 1 atom stereocenters. The van der Waals surface area contributed by atoms with Crippen LogP contribution in [0.2, 0.25) is 0 Å². The number of fused-ring (bicyclic) bond motifs is 2. The second-order valence-corrected chi connectivity index (χ2v) is 9.96. The van der Waals surface area contributed by atoms with Crippen LogP contribution in [0, 0.1) is 5.82 Å². The summed E-state index contributed by atoms with van der Waals surface area (Å²) in [6.07, 6.45) is 3.29. The summed E-state index contributed by atoms with van der Waals surface area (Å²) in [5.41, 5.74) is 3.10. The number of piperazine rings is 1. The fourth-order valence-electron chi connectivity index (χ4n) is 6.02. The molecule has 5 nitrogen and oxygen atoms in total. The maximum absolute atomic E-state index is 13.6. The van der Waals surface area contributed by atoms with Gasteiger partial charge >= 0.3 is 0 Å². The molecule has 2 amide bonds. The lowest BCUT2D eigenvalue weighted by atomic mass is 9.73. The molecule has 2 saturated heterocycles. The lowest BCUT2D eigenvalue weighted by molar-refractivity contribution is -0.133. The fraction of sp³-hybridized carbons (Fsp3) is 0.481. The van der Waals surface area contributed by atoms with Gasteiger partial charge in [0.05, 0.1) is 0 Å². The van der Waals surface area contributed by atoms with Crippen LogP contribution in [0.15, 0.2) is 48.5 Å². The van der Waals surface area contributed by atoms with Crippen LogP contribution in [-0.2, 0) is 10.2 Å². The molecule has 5 rings (SSSR count). The molecule has 0 radical (unpaired) electrons. The van der Waals surface area contributed by atoms with Crippen molar-refractivity contribution in [3.63, 3.8) is 0 Å². The van der Waals surface area contributed by atoms with Crippen molar-refractivity contribution >= 4 is 24.2 Å². The van der Waals surface area contributed by atoms with Crippen molar-refractivity contribution in [2.75, 3.05) is 46.3 Å². The number of carbonyl (C=O) groups excluding carboxylic acids is 2. The molecule has 2 aromatic carbocycles. The normalized spacial score (nSPS) is 21.8. The first-order valence-electron chi connectivity index (χ1n) is 12.1. The number of hydrogen-bond donors (Lipinski definition) is 0. The molecule has 2 heterocycles. The number of carbonyl (C=O) groups is 2. The summed E-state index contributed by atoms with van der Waals surface area (Å²) in [5.74, 6) is 0.0156. The molecular weight excluding hydrogens is 453 g/mol. The average molecular weight is 486 g/mol. The van der Waals surface area contributed by atoms with E-state index in [-0.39, 0.29) is 41.4 Å². The van der Waals surface area contributed by atoms with Gasteiger partial charge in [-0.25, -0.2) is 4.39 Å². The number of amides is 2. The Bertz CT molecular complexity index is 1050. The molecule has 0 bridgehead atoms. The van der Waals surface area contributed by atoms with Gasteiger partial charge in [-0.05, 0) is 67.0 Å². The SMILES string of the molecule is CN1CCN(C(=O)CC2CC3(CCN(C(=O)c4cccc(F)c4)CC3)c3ccccc32)CC1.Cl. The molecule has 2 fully saturated rings. The minimum atomic E-state index is -0.382. The van der Waals surface area contributed by atoms with Crippen molar-refractivity contribution in [1.82, 2.24) is 14.7 Å².